The molecule has 0 spiro atoms. The molecule has 3 amide bonds. The Morgan fingerprint density at radius 3 is 2.62 bits per heavy atom. The number of hydrogen-bond donors (Lipinski definition) is 4. The number of rotatable bonds is 7. The van der Waals surface area contributed by atoms with E-state index < -0.39 is 5.54 Å². The summed E-state index contributed by atoms with van der Waals surface area (Å²) in [6.07, 6.45) is 8.74. The highest BCUT2D eigenvalue weighted by molar-refractivity contribution is 6.06. The van der Waals surface area contributed by atoms with E-state index in [1.54, 1.807) is 29.2 Å². The quantitative estimate of drug-likeness (QED) is 0.472. The first kappa shape index (κ1) is 23.1. The van der Waals surface area contributed by atoms with Gasteiger partial charge in [-0.05, 0) is 49.1 Å². The molecular weight excluding hydrogens is 428 g/mol. The Kier molecular flexibility index (Phi) is 6.67. The number of aliphatic imine (C=N–C) groups is 1. The van der Waals surface area contributed by atoms with Crippen molar-refractivity contribution in [2.24, 2.45) is 10.7 Å². The molecule has 8 nitrogen and oxygen atoms in total. The first-order valence-electron chi connectivity index (χ1n) is 11.3. The SMILES string of the molecule is CC1(CC2=CC=CCC2)N=C(N)N(Cc2ccc(CNC(=O)Nc3cccc(N)c3)cc2)C1=O. The summed E-state index contributed by atoms with van der Waals surface area (Å²) in [5.41, 5.74) is 15.3. The molecule has 34 heavy (non-hydrogen) atoms. The van der Waals surface area contributed by atoms with Gasteiger partial charge in [-0.2, -0.15) is 0 Å². The summed E-state index contributed by atoms with van der Waals surface area (Å²) in [5, 5.41) is 5.57. The summed E-state index contributed by atoms with van der Waals surface area (Å²) < 4.78 is 0. The molecule has 1 atom stereocenters. The molecule has 176 valence electrons. The Morgan fingerprint density at radius 2 is 1.91 bits per heavy atom. The molecule has 1 heterocycles. The standard InChI is InChI=1S/C26H30N6O2/c1-26(15-18-6-3-2-4-7-18)23(33)32(24(28)31-26)17-20-12-10-19(11-13-20)16-29-25(34)30-22-9-5-8-21(27)14-22/h2-3,5-6,8-14H,4,7,15-17,27H2,1H3,(H2,28,31)(H2,29,30,34). The third kappa shape index (κ3) is 5.46. The zero-order valence-electron chi connectivity index (χ0n) is 19.3. The second-order valence-electron chi connectivity index (χ2n) is 8.85. The van der Waals surface area contributed by atoms with Crippen LogP contribution in [0.1, 0.15) is 37.3 Å². The lowest BCUT2D eigenvalue weighted by Crippen LogP contribution is -2.42. The second-order valence-corrected chi connectivity index (χ2v) is 8.85. The number of hydrogen-bond acceptors (Lipinski definition) is 5. The minimum absolute atomic E-state index is 0.0792. The maximum atomic E-state index is 13.2. The summed E-state index contributed by atoms with van der Waals surface area (Å²) in [7, 11) is 0. The predicted octanol–water partition coefficient (Wildman–Crippen LogP) is 3.67. The van der Waals surface area contributed by atoms with Crippen molar-refractivity contribution in [2.45, 2.75) is 44.8 Å². The largest absolute Gasteiger partial charge is 0.399 e. The van der Waals surface area contributed by atoms with Gasteiger partial charge in [0.05, 0.1) is 6.54 Å². The Balaban J connectivity index is 1.31. The van der Waals surface area contributed by atoms with Crippen molar-refractivity contribution in [3.8, 4) is 0 Å². The van der Waals surface area contributed by atoms with Crippen LogP contribution in [0.2, 0.25) is 0 Å². The van der Waals surface area contributed by atoms with E-state index in [2.05, 4.69) is 27.8 Å². The van der Waals surface area contributed by atoms with Gasteiger partial charge in [0.1, 0.15) is 5.54 Å². The normalized spacial score (nSPS) is 19.6. The summed E-state index contributed by atoms with van der Waals surface area (Å²) in [6.45, 7) is 2.57. The molecule has 1 aliphatic heterocycles. The van der Waals surface area contributed by atoms with Gasteiger partial charge < -0.3 is 22.1 Å². The molecular formula is C26H30N6O2. The van der Waals surface area contributed by atoms with Gasteiger partial charge in [-0.15, -0.1) is 0 Å². The molecule has 4 rings (SSSR count). The van der Waals surface area contributed by atoms with Crippen LogP contribution in [-0.4, -0.2) is 28.3 Å². The van der Waals surface area contributed by atoms with Crippen molar-refractivity contribution >= 4 is 29.3 Å². The molecule has 0 bridgehead atoms. The number of nitrogens with zero attached hydrogens (tertiary/aromatic N) is 2. The van der Waals surface area contributed by atoms with Gasteiger partial charge >= 0.3 is 6.03 Å². The first-order chi connectivity index (χ1) is 16.3. The fourth-order valence-electron chi connectivity index (χ4n) is 4.18. The highest BCUT2D eigenvalue weighted by atomic mass is 16.2. The number of allylic oxidation sites excluding steroid dienone is 3. The molecule has 1 aliphatic carbocycles. The van der Waals surface area contributed by atoms with Crippen LogP contribution in [0.25, 0.3) is 0 Å². The highest BCUT2D eigenvalue weighted by Crippen LogP contribution is 2.32. The van der Waals surface area contributed by atoms with Crippen LogP contribution in [0.3, 0.4) is 0 Å². The van der Waals surface area contributed by atoms with Gasteiger partial charge in [0, 0.05) is 24.3 Å². The third-order valence-corrected chi connectivity index (χ3v) is 5.98. The Labute approximate surface area is 199 Å². The van der Waals surface area contributed by atoms with Gasteiger partial charge in [0.15, 0.2) is 5.96 Å². The van der Waals surface area contributed by atoms with Gasteiger partial charge in [-0.3, -0.25) is 9.69 Å². The molecule has 6 N–H and O–H groups in total. The summed E-state index contributed by atoms with van der Waals surface area (Å²) in [5.74, 6) is 0.174. The molecule has 0 fully saturated rings. The Hall–Kier alpha value is -4.07. The van der Waals surface area contributed by atoms with Gasteiger partial charge in [-0.1, -0.05) is 54.1 Å². The number of nitrogens with one attached hydrogen (secondary N) is 2. The molecule has 2 aromatic rings. The highest BCUT2D eigenvalue weighted by Gasteiger charge is 2.44. The van der Waals surface area contributed by atoms with Gasteiger partial charge in [0.25, 0.3) is 5.91 Å². The monoisotopic (exact) mass is 458 g/mol. The average molecular weight is 459 g/mol. The van der Waals surface area contributed by atoms with Crippen molar-refractivity contribution in [3.63, 3.8) is 0 Å². The summed E-state index contributed by atoms with van der Waals surface area (Å²) in [6, 6.07) is 14.4. The number of amides is 3. The fraction of sp³-hybridized carbons (Fsp3) is 0.269. The number of nitrogens with two attached hydrogens (primary N) is 2. The fourth-order valence-corrected chi connectivity index (χ4v) is 4.18. The van der Waals surface area contributed by atoms with E-state index in [-0.39, 0.29) is 17.9 Å². The van der Waals surface area contributed by atoms with E-state index >= 15 is 0 Å². The van der Waals surface area contributed by atoms with E-state index in [1.165, 1.54) is 5.57 Å². The molecule has 1 unspecified atom stereocenters. The molecule has 2 aromatic carbocycles. The van der Waals surface area contributed by atoms with E-state index in [9.17, 15) is 9.59 Å². The van der Waals surface area contributed by atoms with Crippen LogP contribution in [0.15, 0.2) is 77.3 Å². The van der Waals surface area contributed by atoms with Gasteiger partial charge in [0.2, 0.25) is 0 Å². The topological polar surface area (TPSA) is 126 Å². The van der Waals surface area contributed by atoms with E-state index in [4.69, 9.17) is 11.5 Å². The number of anilines is 2. The zero-order valence-corrected chi connectivity index (χ0v) is 19.3. The number of nitrogen functional groups attached to an aromatic ring is 1. The van der Waals surface area contributed by atoms with Gasteiger partial charge in [-0.25, -0.2) is 9.79 Å². The number of guanidine groups is 1. The van der Waals surface area contributed by atoms with Crippen molar-refractivity contribution in [2.75, 3.05) is 11.1 Å². The van der Waals surface area contributed by atoms with Crippen LogP contribution >= 0.6 is 0 Å². The summed E-state index contributed by atoms with van der Waals surface area (Å²) in [4.78, 5) is 31.4. The van der Waals surface area contributed by atoms with Crippen LogP contribution < -0.4 is 22.1 Å². The minimum atomic E-state index is -0.859. The first-order valence-corrected chi connectivity index (χ1v) is 11.3. The molecule has 0 radical (unpaired) electrons. The maximum absolute atomic E-state index is 13.2. The summed E-state index contributed by atoms with van der Waals surface area (Å²) >= 11 is 0. The number of carbonyl (C=O) groups excluding carboxylic acids is 2. The van der Waals surface area contributed by atoms with Crippen molar-refractivity contribution in [1.82, 2.24) is 10.2 Å². The lowest BCUT2D eigenvalue weighted by molar-refractivity contribution is -0.131. The van der Waals surface area contributed by atoms with E-state index in [1.807, 2.05) is 37.3 Å². The smallest absolute Gasteiger partial charge is 0.319 e. The lowest BCUT2D eigenvalue weighted by atomic mass is 9.89. The number of carbonyl (C=O) groups is 2. The number of urea groups is 1. The van der Waals surface area contributed by atoms with Crippen molar-refractivity contribution in [3.05, 3.63) is 83.5 Å². The van der Waals surface area contributed by atoms with E-state index in [0.717, 1.165) is 24.0 Å². The molecule has 0 saturated heterocycles. The maximum Gasteiger partial charge on any atom is 0.319 e. The van der Waals surface area contributed by atoms with Crippen molar-refractivity contribution < 1.29 is 9.59 Å². The van der Waals surface area contributed by atoms with Crippen LogP contribution in [0, 0.1) is 0 Å². The van der Waals surface area contributed by atoms with Crippen LogP contribution in [0.5, 0.6) is 0 Å². The zero-order chi connectivity index (χ0) is 24.1. The second kappa shape index (κ2) is 9.82. The predicted molar refractivity (Wildman–Crippen MR) is 135 cm³/mol. The molecule has 0 saturated carbocycles. The van der Waals surface area contributed by atoms with Crippen molar-refractivity contribution in [1.29, 1.82) is 0 Å². The van der Waals surface area contributed by atoms with E-state index in [0.29, 0.717) is 30.9 Å². The number of benzene rings is 2. The molecule has 2 aliphatic rings. The Bertz CT molecular complexity index is 1170. The molecule has 0 aromatic heterocycles. The minimum Gasteiger partial charge on any atom is -0.399 e. The third-order valence-electron chi connectivity index (χ3n) is 5.98. The lowest BCUT2D eigenvalue weighted by Gasteiger charge is -2.24. The van der Waals surface area contributed by atoms with Crippen LogP contribution in [0.4, 0.5) is 16.2 Å². The van der Waals surface area contributed by atoms with Crippen LogP contribution in [-0.2, 0) is 17.9 Å². The average Bonchev–Trinajstić information content (AvgIpc) is 3.02. The Morgan fingerprint density at radius 1 is 1.15 bits per heavy atom. The molecule has 8 heteroatoms.